The second-order valence-corrected chi connectivity index (χ2v) is 6.36. The lowest BCUT2D eigenvalue weighted by atomic mass is 10.2. The lowest BCUT2D eigenvalue weighted by Gasteiger charge is -2.12. The number of nitrogens with one attached hydrogen (secondary N) is 1. The third-order valence-corrected chi connectivity index (χ3v) is 4.58. The van der Waals surface area contributed by atoms with Gasteiger partial charge in [0.1, 0.15) is 12.1 Å². The van der Waals surface area contributed by atoms with E-state index in [0.29, 0.717) is 0 Å². The summed E-state index contributed by atoms with van der Waals surface area (Å²) in [6.45, 7) is 4.31. The third kappa shape index (κ3) is 2.71. The molecule has 0 spiro atoms. The summed E-state index contributed by atoms with van der Waals surface area (Å²) >= 11 is 0. The Morgan fingerprint density at radius 3 is 2.52 bits per heavy atom. The molecule has 1 N–H and O–H groups in total. The summed E-state index contributed by atoms with van der Waals surface area (Å²) in [5.41, 5.74) is 4.26. The Kier molecular flexibility index (Phi) is 3.84. The van der Waals surface area contributed by atoms with Crippen LogP contribution in [0.4, 0.5) is 0 Å². The standard InChI is InChI=1S/C20H20N4O/c1-3-13(2)21-18(25)12-24-17-11-7-4-8-14(17)19-20(24)23-16-10-6-5-9-15(16)22-19/h4-11,13H,3,12H2,1-2H3,(H,21,25)/t13-/m1/s1. The predicted molar refractivity (Wildman–Crippen MR) is 100 cm³/mol. The van der Waals surface area contributed by atoms with Crippen molar-refractivity contribution in [2.24, 2.45) is 0 Å². The Morgan fingerprint density at radius 1 is 1.08 bits per heavy atom. The maximum atomic E-state index is 12.5. The zero-order valence-corrected chi connectivity index (χ0v) is 14.4. The molecule has 0 saturated heterocycles. The van der Waals surface area contributed by atoms with Crippen LogP contribution in [-0.4, -0.2) is 26.5 Å². The van der Waals surface area contributed by atoms with E-state index in [1.807, 2.05) is 60.0 Å². The second kappa shape index (κ2) is 6.16. The smallest absolute Gasteiger partial charge is 0.240 e. The molecule has 25 heavy (non-hydrogen) atoms. The Bertz CT molecular complexity index is 1080. The van der Waals surface area contributed by atoms with Crippen molar-refractivity contribution in [1.82, 2.24) is 19.9 Å². The van der Waals surface area contributed by atoms with Gasteiger partial charge in [0.25, 0.3) is 0 Å². The van der Waals surface area contributed by atoms with Gasteiger partial charge in [-0.1, -0.05) is 37.3 Å². The highest BCUT2D eigenvalue weighted by Gasteiger charge is 2.16. The van der Waals surface area contributed by atoms with Gasteiger partial charge in [0.05, 0.1) is 16.6 Å². The molecule has 0 fully saturated rings. The average Bonchev–Trinajstić information content (AvgIpc) is 2.93. The van der Waals surface area contributed by atoms with Crippen LogP contribution in [0.15, 0.2) is 48.5 Å². The van der Waals surface area contributed by atoms with Gasteiger partial charge in [0.2, 0.25) is 5.91 Å². The van der Waals surface area contributed by atoms with Crippen molar-refractivity contribution in [1.29, 1.82) is 0 Å². The van der Waals surface area contributed by atoms with E-state index in [-0.39, 0.29) is 18.5 Å². The van der Waals surface area contributed by atoms with Crippen LogP contribution in [0.5, 0.6) is 0 Å². The maximum Gasteiger partial charge on any atom is 0.240 e. The van der Waals surface area contributed by atoms with Crippen LogP contribution in [0.25, 0.3) is 33.1 Å². The lowest BCUT2D eigenvalue weighted by molar-refractivity contribution is -0.122. The highest BCUT2D eigenvalue weighted by Crippen LogP contribution is 2.27. The molecule has 5 heteroatoms. The van der Waals surface area contributed by atoms with Crippen LogP contribution < -0.4 is 5.32 Å². The molecule has 2 aromatic carbocycles. The van der Waals surface area contributed by atoms with E-state index in [4.69, 9.17) is 9.97 Å². The molecular weight excluding hydrogens is 312 g/mol. The summed E-state index contributed by atoms with van der Waals surface area (Å²) in [5.74, 6) is -0.00744. The first-order chi connectivity index (χ1) is 12.2. The van der Waals surface area contributed by atoms with Crippen LogP contribution in [0.3, 0.4) is 0 Å². The highest BCUT2D eigenvalue weighted by molar-refractivity contribution is 6.07. The molecular formula is C20H20N4O. The first kappa shape index (κ1) is 15.6. The molecule has 0 bridgehead atoms. The molecule has 0 aliphatic carbocycles. The monoisotopic (exact) mass is 332 g/mol. The molecule has 5 nitrogen and oxygen atoms in total. The molecule has 0 unspecified atom stereocenters. The number of fused-ring (bicyclic) bond motifs is 4. The number of nitrogens with zero attached hydrogens (tertiary/aromatic N) is 3. The fourth-order valence-corrected chi connectivity index (χ4v) is 3.11. The summed E-state index contributed by atoms with van der Waals surface area (Å²) < 4.78 is 1.96. The van der Waals surface area contributed by atoms with Gasteiger partial charge in [0.15, 0.2) is 5.65 Å². The van der Waals surface area contributed by atoms with Crippen LogP contribution in [0, 0.1) is 0 Å². The molecule has 126 valence electrons. The largest absolute Gasteiger partial charge is 0.352 e. The Morgan fingerprint density at radius 2 is 1.76 bits per heavy atom. The van der Waals surface area contributed by atoms with Crippen molar-refractivity contribution in [2.45, 2.75) is 32.9 Å². The molecule has 0 aliphatic rings. The molecule has 4 aromatic rings. The number of para-hydroxylation sites is 3. The van der Waals surface area contributed by atoms with Gasteiger partial charge < -0.3 is 9.88 Å². The summed E-state index contributed by atoms with van der Waals surface area (Å²) in [6, 6.07) is 16.0. The van der Waals surface area contributed by atoms with Gasteiger partial charge in [-0.2, -0.15) is 0 Å². The molecule has 2 heterocycles. The number of carbonyl (C=O) groups excluding carboxylic acids is 1. The van der Waals surface area contributed by atoms with Crippen molar-refractivity contribution >= 4 is 39.0 Å². The van der Waals surface area contributed by atoms with Gasteiger partial charge in [-0.3, -0.25) is 4.79 Å². The molecule has 0 saturated carbocycles. The quantitative estimate of drug-likeness (QED) is 0.620. The molecule has 4 rings (SSSR count). The topological polar surface area (TPSA) is 59.8 Å². The Balaban J connectivity index is 1.91. The number of hydrogen-bond acceptors (Lipinski definition) is 3. The number of rotatable bonds is 4. The highest BCUT2D eigenvalue weighted by atomic mass is 16.2. The minimum absolute atomic E-state index is 0.00744. The SMILES string of the molecule is CC[C@@H](C)NC(=O)Cn1c2ccccc2c2nc3ccccc3nc21. The summed E-state index contributed by atoms with van der Waals surface area (Å²) in [5, 5.41) is 4.05. The lowest BCUT2D eigenvalue weighted by Crippen LogP contribution is -2.34. The zero-order chi connectivity index (χ0) is 17.4. The average molecular weight is 332 g/mol. The van der Waals surface area contributed by atoms with E-state index in [1.54, 1.807) is 0 Å². The van der Waals surface area contributed by atoms with Crippen LogP contribution in [0.1, 0.15) is 20.3 Å². The summed E-state index contributed by atoms with van der Waals surface area (Å²) in [4.78, 5) is 22.0. The van der Waals surface area contributed by atoms with Crippen molar-refractivity contribution in [3.63, 3.8) is 0 Å². The second-order valence-electron chi connectivity index (χ2n) is 6.36. The minimum Gasteiger partial charge on any atom is -0.352 e. The van der Waals surface area contributed by atoms with Gasteiger partial charge in [-0.15, -0.1) is 0 Å². The van der Waals surface area contributed by atoms with Gasteiger partial charge in [-0.05, 0) is 31.5 Å². The van der Waals surface area contributed by atoms with E-state index in [9.17, 15) is 4.79 Å². The van der Waals surface area contributed by atoms with E-state index in [2.05, 4.69) is 12.2 Å². The number of hydrogen-bond donors (Lipinski definition) is 1. The van der Waals surface area contributed by atoms with E-state index in [1.165, 1.54) is 0 Å². The predicted octanol–water partition coefficient (Wildman–Crippen LogP) is 3.65. The Hall–Kier alpha value is -2.95. The third-order valence-electron chi connectivity index (χ3n) is 4.58. The number of carbonyl (C=O) groups is 1. The molecule has 0 radical (unpaired) electrons. The fraction of sp³-hybridized carbons (Fsp3) is 0.250. The summed E-state index contributed by atoms with van der Waals surface area (Å²) in [6.07, 6.45) is 0.906. The van der Waals surface area contributed by atoms with Crippen molar-refractivity contribution < 1.29 is 4.79 Å². The van der Waals surface area contributed by atoms with E-state index in [0.717, 1.165) is 39.5 Å². The van der Waals surface area contributed by atoms with Gasteiger partial charge in [0, 0.05) is 11.4 Å². The molecule has 0 aliphatic heterocycles. The zero-order valence-electron chi connectivity index (χ0n) is 14.4. The van der Waals surface area contributed by atoms with Crippen LogP contribution in [0.2, 0.25) is 0 Å². The van der Waals surface area contributed by atoms with Crippen molar-refractivity contribution in [2.75, 3.05) is 0 Å². The number of aromatic nitrogens is 3. The maximum absolute atomic E-state index is 12.5. The number of amides is 1. The van der Waals surface area contributed by atoms with Gasteiger partial charge in [-0.25, -0.2) is 9.97 Å². The molecule has 1 amide bonds. The molecule has 2 aromatic heterocycles. The fourth-order valence-electron chi connectivity index (χ4n) is 3.11. The Labute approximate surface area is 145 Å². The van der Waals surface area contributed by atoms with Crippen molar-refractivity contribution in [3.05, 3.63) is 48.5 Å². The molecule has 1 atom stereocenters. The van der Waals surface area contributed by atoms with Gasteiger partial charge >= 0.3 is 0 Å². The van der Waals surface area contributed by atoms with Crippen molar-refractivity contribution in [3.8, 4) is 0 Å². The normalized spacial score (nSPS) is 12.7. The number of benzene rings is 2. The van der Waals surface area contributed by atoms with Crippen LogP contribution in [-0.2, 0) is 11.3 Å². The minimum atomic E-state index is -0.00744. The van der Waals surface area contributed by atoms with E-state index < -0.39 is 0 Å². The summed E-state index contributed by atoms with van der Waals surface area (Å²) in [7, 11) is 0. The first-order valence-corrected chi connectivity index (χ1v) is 8.60. The van der Waals surface area contributed by atoms with Crippen LogP contribution >= 0.6 is 0 Å². The van der Waals surface area contributed by atoms with E-state index >= 15 is 0 Å². The first-order valence-electron chi connectivity index (χ1n) is 8.60.